The molecule has 144 valence electrons. The van der Waals surface area contributed by atoms with Gasteiger partial charge >= 0.3 is 0 Å². The van der Waals surface area contributed by atoms with Crippen LogP contribution in [0.1, 0.15) is 26.5 Å². The monoisotopic (exact) mass is 396 g/mol. The Bertz CT molecular complexity index is 1090. The van der Waals surface area contributed by atoms with Gasteiger partial charge in [0.05, 0.1) is 5.69 Å². The average molecular weight is 396 g/mol. The van der Waals surface area contributed by atoms with Crippen molar-refractivity contribution in [3.63, 3.8) is 0 Å². The number of anilines is 1. The number of nitrogens with one attached hydrogen (secondary N) is 1. The van der Waals surface area contributed by atoms with E-state index in [1.807, 2.05) is 18.2 Å². The molecule has 0 saturated carbocycles. The Hall–Kier alpha value is -2.84. The van der Waals surface area contributed by atoms with Crippen LogP contribution in [0.25, 0.3) is 10.2 Å². The van der Waals surface area contributed by atoms with Gasteiger partial charge in [-0.25, -0.2) is 4.98 Å². The van der Waals surface area contributed by atoms with Gasteiger partial charge in [-0.2, -0.15) is 0 Å². The van der Waals surface area contributed by atoms with Crippen molar-refractivity contribution < 1.29 is 14.3 Å². The van der Waals surface area contributed by atoms with Crippen LogP contribution in [0.3, 0.4) is 0 Å². The average Bonchev–Trinajstić information content (AvgIpc) is 3.28. The fraction of sp³-hybridized carbons (Fsp3) is 0.300. The normalized spacial score (nSPS) is 15.6. The number of amides is 1. The standard InChI is InChI=1S/C20H20N4O3S/c1-24-5-4-14-12(9-24)7-13-17(21)18(28-20(13)23-14)19(25)22-8-11-2-3-15-16(6-11)27-10-26-15/h2-3,6-7H,4-5,8-10,21H2,1H3,(H,22,25). The molecular formula is C20H20N4O3S. The highest BCUT2D eigenvalue weighted by atomic mass is 32.1. The van der Waals surface area contributed by atoms with Crippen LogP contribution in [0.2, 0.25) is 0 Å². The molecule has 7 nitrogen and oxygen atoms in total. The molecule has 3 aromatic rings. The lowest BCUT2D eigenvalue weighted by Crippen LogP contribution is -2.27. The first kappa shape index (κ1) is 17.3. The first-order chi connectivity index (χ1) is 13.6. The third-order valence-electron chi connectivity index (χ3n) is 5.16. The second-order valence-corrected chi connectivity index (χ2v) is 8.15. The summed E-state index contributed by atoms with van der Waals surface area (Å²) in [5.41, 5.74) is 10.1. The number of aromatic nitrogens is 1. The van der Waals surface area contributed by atoms with Gasteiger partial charge in [-0.15, -0.1) is 11.3 Å². The Morgan fingerprint density at radius 2 is 2.18 bits per heavy atom. The van der Waals surface area contributed by atoms with Crippen LogP contribution in [-0.4, -0.2) is 36.2 Å². The van der Waals surface area contributed by atoms with Crippen molar-refractivity contribution >= 4 is 33.1 Å². The quantitative estimate of drug-likeness (QED) is 0.707. The van der Waals surface area contributed by atoms with Crippen LogP contribution >= 0.6 is 11.3 Å². The summed E-state index contributed by atoms with van der Waals surface area (Å²) in [6.45, 7) is 2.47. The smallest absolute Gasteiger partial charge is 0.263 e. The Morgan fingerprint density at radius 1 is 1.32 bits per heavy atom. The van der Waals surface area contributed by atoms with E-state index in [1.165, 1.54) is 16.9 Å². The summed E-state index contributed by atoms with van der Waals surface area (Å²) >= 11 is 1.35. The predicted octanol–water partition coefficient (Wildman–Crippen LogP) is 2.53. The zero-order valence-corrected chi connectivity index (χ0v) is 16.3. The highest BCUT2D eigenvalue weighted by Crippen LogP contribution is 2.35. The lowest BCUT2D eigenvalue weighted by Gasteiger charge is -2.24. The molecule has 1 aromatic carbocycles. The largest absolute Gasteiger partial charge is 0.454 e. The molecule has 1 amide bonds. The fourth-order valence-corrected chi connectivity index (χ4v) is 4.63. The van der Waals surface area contributed by atoms with Crippen LogP contribution in [0.15, 0.2) is 24.3 Å². The molecule has 0 fully saturated rings. The number of nitrogens with two attached hydrogens (primary N) is 1. The lowest BCUT2D eigenvalue weighted by atomic mass is 10.0. The molecule has 0 spiro atoms. The van der Waals surface area contributed by atoms with Crippen LogP contribution < -0.4 is 20.5 Å². The van der Waals surface area contributed by atoms with Crippen molar-refractivity contribution in [3.8, 4) is 11.5 Å². The lowest BCUT2D eigenvalue weighted by molar-refractivity contribution is 0.0955. The first-order valence-electron chi connectivity index (χ1n) is 9.14. The van der Waals surface area contributed by atoms with Gasteiger partial charge in [-0.05, 0) is 36.4 Å². The Labute approximate surface area is 166 Å². The van der Waals surface area contributed by atoms with Gasteiger partial charge < -0.3 is 25.4 Å². The third-order valence-corrected chi connectivity index (χ3v) is 6.27. The van der Waals surface area contributed by atoms with Crippen molar-refractivity contribution in [1.29, 1.82) is 0 Å². The van der Waals surface area contributed by atoms with Crippen molar-refractivity contribution in [1.82, 2.24) is 15.2 Å². The van der Waals surface area contributed by atoms with Gasteiger partial charge in [-0.3, -0.25) is 4.79 Å². The van der Waals surface area contributed by atoms with Gasteiger partial charge in [-0.1, -0.05) is 6.07 Å². The SMILES string of the molecule is CN1CCc2nc3sc(C(=O)NCc4ccc5c(c4)OCO5)c(N)c3cc2C1. The van der Waals surface area contributed by atoms with Gasteiger partial charge in [0.2, 0.25) is 6.79 Å². The summed E-state index contributed by atoms with van der Waals surface area (Å²) < 4.78 is 10.7. The topological polar surface area (TPSA) is 89.7 Å². The minimum atomic E-state index is -0.187. The second kappa shape index (κ2) is 6.65. The number of likely N-dealkylation sites (N-methyl/N-ethyl adjacent to an activating group) is 1. The molecule has 28 heavy (non-hydrogen) atoms. The molecule has 0 unspecified atom stereocenters. The first-order valence-corrected chi connectivity index (χ1v) is 9.96. The molecule has 0 aliphatic carbocycles. The molecular weight excluding hydrogens is 376 g/mol. The van der Waals surface area contributed by atoms with Crippen molar-refractivity contribution in [2.24, 2.45) is 0 Å². The number of rotatable bonds is 3. The maximum atomic E-state index is 12.7. The zero-order chi connectivity index (χ0) is 19.3. The van der Waals surface area contributed by atoms with E-state index in [-0.39, 0.29) is 12.7 Å². The number of fused-ring (bicyclic) bond motifs is 3. The summed E-state index contributed by atoms with van der Waals surface area (Å²) in [5, 5.41) is 3.81. The third kappa shape index (κ3) is 2.94. The molecule has 5 rings (SSSR count). The molecule has 4 heterocycles. The van der Waals surface area contributed by atoms with Crippen molar-refractivity contribution in [2.45, 2.75) is 19.5 Å². The summed E-state index contributed by atoms with van der Waals surface area (Å²) in [7, 11) is 2.10. The molecule has 0 bridgehead atoms. The van der Waals surface area contributed by atoms with E-state index in [2.05, 4.69) is 23.3 Å². The summed E-state index contributed by atoms with van der Waals surface area (Å²) in [6, 6.07) is 7.73. The number of ether oxygens (including phenoxy) is 2. The van der Waals surface area contributed by atoms with Gasteiger partial charge in [0.25, 0.3) is 5.91 Å². The van der Waals surface area contributed by atoms with Gasteiger partial charge in [0, 0.05) is 37.1 Å². The van der Waals surface area contributed by atoms with Gasteiger partial charge in [0.15, 0.2) is 11.5 Å². The van der Waals surface area contributed by atoms with Gasteiger partial charge in [0.1, 0.15) is 9.71 Å². The van der Waals surface area contributed by atoms with E-state index in [4.69, 9.17) is 20.2 Å². The molecule has 3 N–H and O–H groups in total. The van der Waals surface area contributed by atoms with E-state index in [9.17, 15) is 4.79 Å². The Morgan fingerprint density at radius 3 is 3.07 bits per heavy atom. The van der Waals surface area contributed by atoms with E-state index in [0.717, 1.165) is 46.7 Å². The minimum Gasteiger partial charge on any atom is -0.454 e. The summed E-state index contributed by atoms with van der Waals surface area (Å²) in [4.78, 5) is 21.1. The number of nitrogen functional groups attached to an aromatic ring is 1. The van der Waals surface area contributed by atoms with Crippen LogP contribution in [0, 0.1) is 0 Å². The molecule has 0 radical (unpaired) electrons. The minimum absolute atomic E-state index is 0.187. The number of benzene rings is 1. The maximum Gasteiger partial charge on any atom is 0.263 e. The molecule has 0 atom stereocenters. The van der Waals surface area contributed by atoms with E-state index >= 15 is 0 Å². The van der Waals surface area contributed by atoms with Crippen molar-refractivity contribution in [2.75, 3.05) is 26.1 Å². The number of hydrogen-bond donors (Lipinski definition) is 2. The molecule has 8 heteroatoms. The summed E-state index contributed by atoms with van der Waals surface area (Å²) in [5.74, 6) is 1.24. The number of hydrogen-bond acceptors (Lipinski definition) is 7. The molecule has 2 aliphatic heterocycles. The highest BCUT2D eigenvalue weighted by molar-refractivity contribution is 7.21. The highest BCUT2D eigenvalue weighted by Gasteiger charge is 2.22. The van der Waals surface area contributed by atoms with Crippen molar-refractivity contribution in [3.05, 3.63) is 46.0 Å². The number of carbonyl (C=O) groups excluding carboxylic acids is 1. The zero-order valence-electron chi connectivity index (χ0n) is 15.4. The van der Waals surface area contributed by atoms with Crippen LogP contribution in [-0.2, 0) is 19.5 Å². The molecule has 0 saturated heterocycles. The Balaban J connectivity index is 1.38. The molecule has 2 aliphatic rings. The van der Waals surface area contributed by atoms with E-state index < -0.39 is 0 Å². The van der Waals surface area contributed by atoms with E-state index in [0.29, 0.717) is 22.9 Å². The van der Waals surface area contributed by atoms with Crippen LogP contribution in [0.4, 0.5) is 5.69 Å². The van der Waals surface area contributed by atoms with Crippen LogP contribution in [0.5, 0.6) is 11.5 Å². The number of nitrogens with zero attached hydrogens (tertiary/aromatic N) is 2. The number of thiophene rings is 1. The number of pyridine rings is 1. The summed E-state index contributed by atoms with van der Waals surface area (Å²) in [6.07, 6.45) is 0.922. The maximum absolute atomic E-state index is 12.7. The fourth-order valence-electron chi connectivity index (χ4n) is 3.62. The number of carbonyl (C=O) groups is 1. The van der Waals surface area contributed by atoms with E-state index in [1.54, 1.807) is 0 Å². The second-order valence-electron chi connectivity index (χ2n) is 7.15. The Kier molecular flexibility index (Phi) is 4.10. The predicted molar refractivity (Wildman–Crippen MR) is 108 cm³/mol. The molecule has 2 aromatic heterocycles.